The molecule has 1 saturated heterocycles. The lowest BCUT2D eigenvalue weighted by Crippen LogP contribution is -2.60. The first-order valence-corrected chi connectivity index (χ1v) is 8.81. The van der Waals surface area contributed by atoms with Crippen LogP contribution in [0.15, 0.2) is 0 Å². The molecular formula is C18H34N2O2. The molecule has 128 valence electrons. The molecule has 1 aliphatic carbocycles. The zero-order valence-electron chi connectivity index (χ0n) is 15.2. The lowest BCUT2D eigenvalue weighted by Gasteiger charge is -2.53. The lowest BCUT2D eigenvalue weighted by atomic mass is 9.79. The van der Waals surface area contributed by atoms with E-state index in [1.165, 1.54) is 12.8 Å². The summed E-state index contributed by atoms with van der Waals surface area (Å²) in [6, 6.07) is 0.295. The van der Waals surface area contributed by atoms with Gasteiger partial charge in [0.25, 0.3) is 0 Å². The summed E-state index contributed by atoms with van der Waals surface area (Å²) in [5.41, 5.74) is 0.0953. The van der Waals surface area contributed by atoms with Gasteiger partial charge in [0.15, 0.2) is 0 Å². The van der Waals surface area contributed by atoms with Gasteiger partial charge in [0.1, 0.15) is 6.10 Å². The Labute approximate surface area is 136 Å². The van der Waals surface area contributed by atoms with Gasteiger partial charge >= 0.3 is 6.09 Å². The topological polar surface area (TPSA) is 41.6 Å². The minimum Gasteiger partial charge on any atom is -0.446 e. The number of nitrogens with one attached hydrogen (secondary N) is 1. The van der Waals surface area contributed by atoms with Gasteiger partial charge in [-0.05, 0) is 53.5 Å². The molecule has 1 saturated carbocycles. The molecule has 2 fully saturated rings. The maximum atomic E-state index is 12.2. The molecule has 1 N–H and O–H groups in total. The first kappa shape index (κ1) is 17.6. The van der Waals surface area contributed by atoms with Crippen LogP contribution in [-0.4, -0.2) is 41.3 Å². The van der Waals surface area contributed by atoms with Crippen LogP contribution in [0, 0.1) is 5.92 Å². The van der Waals surface area contributed by atoms with Crippen LogP contribution in [0.1, 0.15) is 73.1 Å². The second kappa shape index (κ2) is 6.38. The summed E-state index contributed by atoms with van der Waals surface area (Å²) < 4.78 is 5.77. The Morgan fingerprint density at radius 3 is 2.27 bits per heavy atom. The van der Waals surface area contributed by atoms with Crippen LogP contribution in [0.5, 0.6) is 0 Å². The maximum absolute atomic E-state index is 12.2. The number of carbonyl (C=O) groups is 1. The SMILES string of the molecule is CC1CCCC(NC(=O)OC2CC(C)(C)N(C)C(C)(C)C2)C1. The van der Waals surface area contributed by atoms with Crippen LogP contribution in [0.4, 0.5) is 4.79 Å². The van der Waals surface area contributed by atoms with Gasteiger partial charge in [0, 0.05) is 30.0 Å². The molecule has 4 heteroatoms. The molecule has 0 spiro atoms. The summed E-state index contributed by atoms with van der Waals surface area (Å²) in [5.74, 6) is 0.709. The van der Waals surface area contributed by atoms with Gasteiger partial charge in [-0.3, -0.25) is 4.90 Å². The van der Waals surface area contributed by atoms with Crippen LogP contribution in [-0.2, 0) is 4.74 Å². The van der Waals surface area contributed by atoms with Gasteiger partial charge in [-0.15, -0.1) is 0 Å². The Balaban J connectivity index is 1.88. The summed E-state index contributed by atoms with van der Waals surface area (Å²) in [4.78, 5) is 14.6. The van der Waals surface area contributed by atoms with Crippen molar-refractivity contribution >= 4 is 6.09 Å². The van der Waals surface area contributed by atoms with Crippen LogP contribution in [0.2, 0.25) is 0 Å². The third-order valence-corrected chi connectivity index (χ3v) is 5.80. The van der Waals surface area contributed by atoms with Crippen LogP contribution >= 0.6 is 0 Å². The summed E-state index contributed by atoms with van der Waals surface area (Å²) in [6.45, 7) is 11.2. The van der Waals surface area contributed by atoms with E-state index in [0.717, 1.165) is 25.7 Å². The van der Waals surface area contributed by atoms with E-state index in [2.05, 4.69) is 51.9 Å². The molecule has 1 aliphatic heterocycles. The van der Waals surface area contributed by atoms with Crippen LogP contribution in [0.3, 0.4) is 0 Å². The molecule has 2 atom stereocenters. The van der Waals surface area contributed by atoms with E-state index in [4.69, 9.17) is 4.74 Å². The van der Waals surface area contributed by atoms with Crippen molar-refractivity contribution in [1.29, 1.82) is 0 Å². The standard InChI is InChI=1S/C18H34N2O2/c1-13-8-7-9-14(10-13)19-16(21)22-15-11-17(2,3)20(6)18(4,5)12-15/h13-15H,7-12H2,1-6H3,(H,19,21). The summed E-state index contributed by atoms with van der Waals surface area (Å²) >= 11 is 0. The van der Waals surface area contributed by atoms with Crippen LogP contribution in [0.25, 0.3) is 0 Å². The van der Waals surface area contributed by atoms with Crippen molar-refractivity contribution in [3.63, 3.8) is 0 Å². The van der Waals surface area contributed by atoms with E-state index in [1.54, 1.807) is 0 Å². The first-order valence-electron chi connectivity index (χ1n) is 8.81. The molecule has 1 amide bonds. The molecule has 2 rings (SSSR count). The molecule has 0 bridgehead atoms. The molecule has 22 heavy (non-hydrogen) atoms. The van der Waals surface area contributed by atoms with E-state index >= 15 is 0 Å². The Hall–Kier alpha value is -0.770. The van der Waals surface area contributed by atoms with E-state index in [0.29, 0.717) is 12.0 Å². The summed E-state index contributed by atoms with van der Waals surface area (Å²) in [6.07, 6.45) is 6.22. The predicted molar refractivity (Wildman–Crippen MR) is 90.0 cm³/mol. The molecule has 2 unspecified atom stereocenters. The van der Waals surface area contributed by atoms with E-state index in [1.807, 2.05) is 0 Å². The van der Waals surface area contributed by atoms with Crippen molar-refractivity contribution in [2.24, 2.45) is 5.92 Å². The van der Waals surface area contributed by atoms with Gasteiger partial charge in [-0.1, -0.05) is 19.8 Å². The van der Waals surface area contributed by atoms with E-state index < -0.39 is 0 Å². The fraction of sp³-hybridized carbons (Fsp3) is 0.944. The monoisotopic (exact) mass is 310 g/mol. The highest BCUT2D eigenvalue weighted by Crippen LogP contribution is 2.38. The number of nitrogens with zero attached hydrogens (tertiary/aromatic N) is 1. The molecule has 0 aromatic heterocycles. The number of piperidine rings is 1. The van der Waals surface area contributed by atoms with Gasteiger partial charge in [0.05, 0.1) is 0 Å². The Morgan fingerprint density at radius 2 is 1.73 bits per heavy atom. The predicted octanol–water partition coefficient (Wildman–Crippen LogP) is 3.94. The number of rotatable bonds is 2. The molecule has 2 aliphatic rings. The number of alkyl carbamates (subject to hydrolysis) is 1. The Bertz CT molecular complexity index is 388. The molecule has 1 heterocycles. The molecule has 0 radical (unpaired) electrons. The van der Waals surface area contributed by atoms with E-state index in [-0.39, 0.29) is 23.3 Å². The van der Waals surface area contributed by atoms with Crippen molar-refractivity contribution in [1.82, 2.24) is 10.2 Å². The number of likely N-dealkylation sites (tertiary alicyclic amines) is 1. The van der Waals surface area contributed by atoms with Crippen molar-refractivity contribution < 1.29 is 9.53 Å². The number of carbonyl (C=O) groups excluding carboxylic acids is 1. The number of ether oxygens (including phenoxy) is 1. The highest BCUT2D eigenvalue weighted by molar-refractivity contribution is 5.67. The minimum atomic E-state index is -0.222. The Kier molecular flexibility index (Phi) is 5.10. The molecule has 0 aromatic rings. The molecular weight excluding hydrogens is 276 g/mol. The maximum Gasteiger partial charge on any atom is 0.407 e. The van der Waals surface area contributed by atoms with Gasteiger partial charge < -0.3 is 10.1 Å². The largest absolute Gasteiger partial charge is 0.446 e. The zero-order valence-corrected chi connectivity index (χ0v) is 15.2. The summed E-state index contributed by atoms with van der Waals surface area (Å²) in [7, 11) is 2.17. The van der Waals surface area contributed by atoms with Gasteiger partial charge in [-0.2, -0.15) is 0 Å². The van der Waals surface area contributed by atoms with Crippen LogP contribution < -0.4 is 5.32 Å². The smallest absolute Gasteiger partial charge is 0.407 e. The average Bonchev–Trinajstić information content (AvgIpc) is 2.34. The second-order valence-electron chi connectivity index (χ2n) is 8.73. The van der Waals surface area contributed by atoms with Crippen molar-refractivity contribution in [3.05, 3.63) is 0 Å². The quantitative estimate of drug-likeness (QED) is 0.840. The highest BCUT2D eigenvalue weighted by atomic mass is 16.6. The fourth-order valence-electron chi connectivity index (χ4n) is 4.28. The fourth-order valence-corrected chi connectivity index (χ4v) is 4.28. The first-order chi connectivity index (χ1) is 10.1. The Morgan fingerprint density at radius 1 is 1.14 bits per heavy atom. The van der Waals surface area contributed by atoms with Crippen molar-refractivity contribution in [2.45, 2.75) is 96.4 Å². The lowest BCUT2D eigenvalue weighted by molar-refractivity contribution is -0.0686. The third-order valence-electron chi connectivity index (χ3n) is 5.80. The second-order valence-corrected chi connectivity index (χ2v) is 8.73. The number of amides is 1. The van der Waals surface area contributed by atoms with Crippen molar-refractivity contribution in [2.75, 3.05) is 7.05 Å². The number of hydrogen-bond acceptors (Lipinski definition) is 3. The highest BCUT2D eigenvalue weighted by Gasteiger charge is 2.44. The zero-order chi connectivity index (χ0) is 16.5. The molecule has 0 aromatic carbocycles. The van der Waals surface area contributed by atoms with Gasteiger partial charge in [0.2, 0.25) is 0 Å². The minimum absolute atomic E-state index is 0.00205. The molecule has 4 nitrogen and oxygen atoms in total. The average molecular weight is 310 g/mol. The third kappa shape index (κ3) is 4.15. The summed E-state index contributed by atoms with van der Waals surface area (Å²) in [5, 5.41) is 3.09. The van der Waals surface area contributed by atoms with Gasteiger partial charge in [-0.25, -0.2) is 4.79 Å². The van der Waals surface area contributed by atoms with Crippen molar-refractivity contribution in [3.8, 4) is 0 Å². The number of hydrogen-bond donors (Lipinski definition) is 1. The van der Waals surface area contributed by atoms with E-state index in [9.17, 15) is 4.79 Å². The normalized spacial score (nSPS) is 32.5.